The molecule has 1 atom stereocenters. The highest BCUT2D eigenvalue weighted by Crippen LogP contribution is 2.31. The fraction of sp³-hybridized carbons (Fsp3) is 0.172. The van der Waals surface area contributed by atoms with Crippen molar-refractivity contribution in [2.45, 2.75) is 25.9 Å². The molecule has 0 radical (unpaired) electrons. The lowest BCUT2D eigenvalue weighted by atomic mass is 10.0. The summed E-state index contributed by atoms with van der Waals surface area (Å²) in [5.74, 6) is 0.199. The molecule has 0 aliphatic rings. The van der Waals surface area contributed by atoms with Gasteiger partial charge < -0.3 is 10.1 Å². The Morgan fingerprint density at radius 2 is 1.71 bits per heavy atom. The van der Waals surface area contributed by atoms with Crippen LogP contribution in [0.4, 0.5) is 5.69 Å². The minimum atomic E-state index is -0.848. The van der Waals surface area contributed by atoms with Crippen molar-refractivity contribution in [3.05, 3.63) is 118 Å². The Morgan fingerprint density at radius 3 is 2.40 bits per heavy atom. The number of carbonyl (C=O) groups is 2. The Hall–Kier alpha value is -3.90. The van der Waals surface area contributed by atoms with E-state index < -0.39 is 6.04 Å². The fourth-order valence-corrected chi connectivity index (χ4v) is 4.59. The summed E-state index contributed by atoms with van der Waals surface area (Å²) >= 11 is 1.52. The number of nitrogens with one attached hydrogen (secondary N) is 1. The van der Waals surface area contributed by atoms with Crippen molar-refractivity contribution >= 4 is 28.8 Å². The summed E-state index contributed by atoms with van der Waals surface area (Å²) in [5.41, 5.74) is 3.41. The lowest BCUT2D eigenvalue weighted by Crippen LogP contribution is -2.44. The lowest BCUT2D eigenvalue weighted by molar-refractivity contribution is -0.126. The van der Waals surface area contributed by atoms with Crippen molar-refractivity contribution < 1.29 is 14.3 Å². The maximum absolute atomic E-state index is 13.8. The molecule has 1 heterocycles. The Labute approximate surface area is 210 Å². The van der Waals surface area contributed by atoms with Gasteiger partial charge in [-0.15, -0.1) is 11.3 Å². The minimum absolute atomic E-state index is 0.166. The van der Waals surface area contributed by atoms with E-state index in [1.165, 1.54) is 11.3 Å². The van der Waals surface area contributed by atoms with Gasteiger partial charge in [-0.1, -0.05) is 72.3 Å². The van der Waals surface area contributed by atoms with Crippen LogP contribution in [0.1, 0.15) is 27.6 Å². The second-order valence-corrected chi connectivity index (χ2v) is 9.27. The molecule has 1 N–H and O–H groups in total. The van der Waals surface area contributed by atoms with E-state index in [4.69, 9.17) is 4.74 Å². The van der Waals surface area contributed by atoms with Gasteiger partial charge in [-0.2, -0.15) is 0 Å². The Kier molecular flexibility index (Phi) is 7.95. The number of hydrogen-bond donors (Lipinski definition) is 1. The molecule has 1 aromatic heterocycles. The van der Waals surface area contributed by atoms with E-state index in [0.717, 1.165) is 21.6 Å². The standard InChI is InChI=1S/C29H28N2O3S/c1-21-13-15-23(16-14-21)28(29(33)30-20-22-8-4-3-5-9-22)31(24-10-6-11-25(18-24)34-2)27(32)19-26-12-7-17-35-26/h3-18,28H,19-20H2,1-2H3,(H,30,33). The summed E-state index contributed by atoms with van der Waals surface area (Å²) in [6.45, 7) is 2.36. The average Bonchev–Trinajstić information content (AvgIpc) is 3.40. The largest absolute Gasteiger partial charge is 0.497 e. The highest BCUT2D eigenvalue weighted by Gasteiger charge is 2.33. The number of amides is 2. The highest BCUT2D eigenvalue weighted by atomic mass is 32.1. The van der Waals surface area contributed by atoms with E-state index in [1.807, 2.05) is 97.2 Å². The number of thiophene rings is 1. The summed E-state index contributed by atoms with van der Waals surface area (Å²) in [4.78, 5) is 30.1. The zero-order chi connectivity index (χ0) is 24.6. The highest BCUT2D eigenvalue weighted by molar-refractivity contribution is 7.10. The fourth-order valence-electron chi connectivity index (χ4n) is 3.89. The zero-order valence-electron chi connectivity index (χ0n) is 19.8. The number of benzene rings is 3. The van der Waals surface area contributed by atoms with Gasteiger partial charge in [0.1, 0.15) is 11.8 Å². The molecule has 4 rings (SSSR count). The average molecular weight is 485 g/mol. The smallest absolute Gasteiger partial charge is 0.248 e. The number of methoxy groups -OCH3 is 1. The molecule has 2 amide bonds. The van der Waals surface area contributed by atoms with Crippen LogP contribution in [0.25, 0.3) is 0 Å². The monoisotopic (exact) mass is 484 g/mol. The number of carbonyl (C=O) groups excluding carboxylic acids is 2. The Morgan fingerprint density at radius 1 is 0.943 bits per heavy atom. The van der Waals surface area contributed by atoms with Crippen molar-refractivity contribution in [2.75, 3.05) is 12.0 Å². The zero-order valence-corrected chi connectivity index (χ0v) is 20.6. The molecule has 0 bridgehead atoms. The lowest BCUT2D eigenvalue weighted by Gasteiger charge is -2.32. The number of ether oxygens (including phenoxy) is 1. The maximum Gasteiger partial charge on any atom is 0.248 e. The van der Waals surface area contributed by atoms with Crippen LogP contribution in [0.5, 0.6) is 5.75 Å². The Balaban J connectivity index is 1.75. The van der Waals surface area contributed by atoms with Crippen molar-refractivity contribution in [2.24, 2.45) is 0 Å². The van der Waals surface area contributed by atoms with Gasteiger partial charge in [0.2, 0.25) is 11.8 Å². The molecule has 3 aromatic carbocycles. The van der Waals surface area contributed by atoms with E-state index >= 15 is 0 Å². The van der Waals surface area contributed by atoms with Crippen LogP contribution in [0.3, 0.4) is 0 Å². The summed E-state index contributed by atoms with van der Waals surface area (Å²) in [5, 5.41) is 4.99. The third-order valence-corrected chi connectivity index (χ3v) is 6.59. The first-order chi connectivity index (χ1) is 17.0. The van der Waals surface area contributed by atoms with Gasteiger partial charge >= 0.3 is 0 Å². The quantitative estimate of drug-likeness (QED) is 0.332. The summed E-state index contributed by atoms with van der Waals surface area (Å²) < 4.78 is 5.42. The van der Waals surface area contributed by atoms with Crippen LogP contribution < -0.4 is 15.0 Å². The number of rotatable bonds is 9. The number of hydrogen-bond acceptors (Lipinski definition) is 4. The maximum atomic E-state index is 13.8. The predicted molar refractivity (Wildman–Crippen MR) is 141 cm³/mol. The third-order valence-electron chi connectivity index (χ3n) is 5.71. The normalized spacial score (nSPS) is 11.5. The van der Waals surface area contributed by atoms with Crippen molar-refractivity contribution in [1.29, 1.82) is 0 Å². The first kappa shape index (κ1) is 24.2. The SMILES string of the molecule is COc1cccc(N(C(=O)Cc2cccs2)C(C(=O)NCc2ccccc2)c2ccc(C)cc2)c1. The van der Waals surface area contributed by atoms with Crippen LogP contribution in [-0.4, -0.2) is 18.9 Å². The van der Waals surface area contributed by atoms with Gasteiger partial charge in [0.05, 0.1) is 13.5 Å². The van der Waals surface area contributed by atoms with Gasteiger partial charge in [0.25, 0.3) is 0 Å². The molecule has 0 fully saturated rings. The van der Waals surface area contributed by atoms with Crippen molar-refractivity contribution in [1.82, 2.24) is 5.32 Å². The van der Waals surface area contributed by atoms with Crippen LogP contribution in [0.2, 0.25) is 0 Å². The molecule has 4 aromatic rings. The molecule has 35 heavy (non-hydrogen) atoms. The van der Waals surface area contributed by atoms with Gasteiger partial charge in [0.15, 0.2) is 0 Å². The van der Waals surface area contributed by atoms with Crippen molar-refractivity contribution in [3.63, 3.8) is 0 Å². The van der Waals surface area contributed by atoms with Gasteiger partial charge in [-0.3, -0.25) is 14.5 Å². The molecule has 1 unspecified atom stereocenters. The summed E-state index contributed by atoms with van der Waals surface area (Å²) in [6.07, 6.45) is 0.198. The van der Waals surface area contributed by atoms with Crippen LogP contribution >= 0.6 is 11.3 Å². The third kappa shape index (κ3) is 6.16. The molecule has 0 spiro atoms. The molecule has 6 heteroatoms. The first-order valence-corrected chi connectivity index (χ1v) is 12.3. The summed E-state index contributed by atoms with van der Waals surface area (Å²) in [6, 6.07) is 27.8. The van der Waals surface area contributed by atoms with Gasteiger partial charge in [-0.05, 0) is 41.6 Å². The molecule has 0 saturated carbocycles. The van der Waals surface area contributed by atoms with Gasteiger partial charge in [-0.25, -0.2) is 0 Å². The van der Waals surface area contributed by atoms with Crippen LogP contribution in [0.15, 0.2) is 96.4 Å². The molecule has 0 aliphatic heterocycles. The minimum Gasteiger partial charge on any atom is -0.497 e. The topological polar surface area (TPSA) is 58.6 Å². The number of anilines is 1. The van der Waals surface area contributed by atoms with Crippen LogP contribution in [0, 0.1) is 6.92 Å². The number of nitrogens with zero attached hydrogens (tertiary/aromatic N) is 1. The second-order valence-electron chi connectivity index (χ2n) is 8.24. The van der Waals surface area contributed by atoms with Crippen LogP contribution in [-0.2, 0) is 22.6 Å². The van der Waals surface area contributed by atoms with E-state index in [2.05, 4.69) is 5.32 Å². The summed E-state index contributed by atoms with van der Waals surface area (Å²) in [7, 11) is 1.58. The van der Waals surface area contributed by atoms with E-state index in [9.17, 15) is 9.59 Å². The molecule has 5 nitrogen and oxygen atoms in total. The molecular formula is C29H28N2O3S. The molecular weight excluding hydrogens is 456 g/mol. The van der Waals surface area contributed by atoms with Crippen molar-refractivity contribution in [3.8, 4) is 5.75 Å². The molecule has 178 valence electrons. The van der Waals surface area contributed by atoms with E-state index in [1.54, 1.807) is 18.1 Å². The van der Waals surface area contributed by atoms with Gasteiger partial charge in [0, 0.05) is 23.2 Å². The molecule has 0 aliphatic carbocycles. The number of aryl methyl sites for hydroxylation is 1. The van der Waals surface area contributed by atoms with E-state index in [-0.39, 0.29) is 18.2 Å². The first-order valence-electron chi connectivity index (χ1n) is 11.4. The predicted octanol–water partition coefficient (Wildman–Crippen LogP) is 5.70. The Bertz CT molecular complexity index is 1250. The second kappa shape index (κ2) is 11.5. The molecule has 0 saturated heterocycles. The van der Waals surface area contributed by atoms with E-state index in [0.29, 0.717) is 18.0 Å².